The highest BCUT2D eigenvalue weighted by Crippen LogP contribution is 2.33. The topological polar surface area (TPSA) is 55.8 Å². The number of carbonyl (C=O) groups is 1. The molecule has 2 aromatic rings. The molecule has 0 aliphatic carbocycles. The van der Waals surface area contributed by atoms with Crippen LogP contribution in [0.3, 0.4) is 0 Å². The summed E-state index contributed by atoms with van der Waals surface area (Å²) in [5.74, 6) is -5.34. The van der Waals surface area contributed by atoms with E-state index in [9.17, 15) is 23.1 Å². The van der Waals surface area contributed by atoms with E-state index in [0.29, 0.717) is 0 Å². The number of benzene rings is 2. The van der Waals surface area contributed by atoms with Gasteiger partial charge in [0.05, 0.1) is 0 Å². The van der Waals surface area contributed by atoms with Crippen LogP contribution in [0.15, 0.2) is 55.6 Å². The molecule has 0 spiro atoms. The normalized spacial score (nSPS) is 11.5. The lowest BCUT2D eigenvalue weighted by Gasteiger charge is -2.12. The van der Waals surface area contributed by atoms with E-state index < -0.39 is 35.5 Å². The summed E-state index contributed by atoms with van der Waals surface area (Å²) in [4.78, 5) is 11.1. The van der Waals surface area contributed by atoms with E-state index >= 15 is 0 Å². The molecule has 0 saturated heterocycles. The summed E-state index contributed by atoms with van der Waals surface area (Å²) >= 11 is 0. The molecule has 0 saturated carbocycles. The number of rotatable bonds is 6. The molecule has 0 fully saturated rings. The van der Waals surface area contributed by atoms with Gasteiger partial charge in [-0.3, -0.25) is 0 Å². The number of ether oxygens (including phenoxy) is 2. The summed E-state index contributed by atoms with van der Waals surface area (Å²) in [6.45, 7) is 6.44. The highest BCUT2D eigenvalue weighted by Gasteiger charge is 2.19. The maximum Gasteiger partial charge on any atom is 0.335 e. The first-order chi connectivity index (χ1) is 11.9. The minimum atomic E-state index is -1.44. The highest BCUT2D eigenvalue weighted by molar-refractivity contribution is 5.83. The predicted octanol–water partition coefficient (Wildman–Crippen LogP) is 3.75. The summed E-state index contributed by atoms with van der Waals surface area (Å²) in [6.07, 6.45) is 0.545. The van der Waals surface area contributed by atoms with E-state index in [2.05, 4.69) is 17.9 Å². The van der Waals surface area contributed by atoms with Crippen molar-refractivity contribution < 1.29 is 32.5 Å². The Morgan fingerprint density at radius 2 is 1.76 bits per heavy atom. The molecule has 0 radical (unpaired) electrons. The van der Waals surface area contributed by atoms with Crippen molar-refractivity contribution in [3.8, 4) is 22.6 Å². The third-order valence-corrected chi connectivity index (χ3v) is 3.11. The fourth-order valence-corrected chi connectivity index (χ4v) is 1.94. The number of hydrogen-bond acceptors (Lipinski definition) is 4. The van der Waals surface area contributed by atoms with Crippen LogP contribution >= 0.6 is 0 Å². The molecular formula is C18H13F3O4. The van der Waals surface area contributed by atoms with Crippen molar-refractivity contribution in [2.75, 3.05) is 0 Å². The number of aliphatic hydroxyl groups is 1. The molecule has 25 heavy (non-hydrogen) atoms. The van der Waals surface area contributed by atoms with Gasteiger partial charge in [-0.25, -0.2) is 13.6 Å². The smallest absolute Gasteiger partial charge is 0.335 e. The van der Waals surface area contributed by atoms with Crippen LogP contribution in [0.2, 0.25) is 0 Å². The Morgan fingerprint density at radius 3 is 2.36 bits per heavy atom. The quantitative estimate of drug-likeness (QED) is 0.283. The molecule has 0 amide bonds. The lowest BCUT2D eigenvalue weighted by atomic mass is 10.0. The Balaban J connectivity index is 2.38. The number of hydrogen-bond donors (Lipinski definition) is 1. The summed E-state index contributed by atoms with van der Waals surface area (Å²) in [5, 5.41) is 9.27. The Labute approximate surface area is 141 Å². The average molecular weight is 350 g/mol. The van der Waals surface area contributed by atoms with Crippen molar-refractivity contribution in [1.82, 2.24) is 0 Å². The van der Waals surface area contributed by atoms with Gasteiger partial charge in [-0.1, -0.05) is 13.2 Å². The van der Waals surface area contributed by atoms with Gasteiger partial charge in [0.15, 0.2) is 11.6 Å². The maximum absolute atomic E-state index is 14.2. The van der Waals surface area contributed by atoms with Crippen LogP contribution in [0.4, 0.5) is 13.2 Å². The van der Waals surface area contributed by atoms with Gasteiger partial charge >= 0.3 is 5.97 Å². The molecule has 0 aliphatic rings. The third kappa shape index (κ3) is 4.07. The van der Waals surface area contributed by atoms with Gasteiger partial charge in [0.2, 0.25) is 12.1 Å². The molecule has 0 bridgehead atoms. The van der Waals surface area contributed by atoms with E-state index in [-0.39, 0.29) is 16.9 Å². The lowest BCUT2D eigenvalue weighted by Crippen LogP contribution is -2.11. The van der Waals surface area contributed by atoms with Gasteiger partial charge in [-0.05, 0) is 30.3 Å². The van der Waals surface area contributed by atoms with Gasteiger partial charge in [-0.15, -0.1) is 0 Å². The third-order valence-electron chi connectivity index (χ3n) is 3.11. The molecule has 2 aromatic carbocycles. The van der Waals surface area contributed by atoms with E-state index in [1.807, 2.05) is 0 Å². The van der Waals surface area contributed by atoms with Gasteiger partial charge < -0.3 is 14.6 Å². The van der Waals surface area contributed by atoms with Crippen molar-refractivity contribution in [2.45, 2.75) is 6.29 Å². The van der Waals surface area contributed by atoms with Gasteiger partial charge in [0.1, 0.15) is 11.6 Å². The van der Waals surface area contributed by atoms with Crippen molar-refractivity contribution in [3.05, 3.63) is 73.1 Å². The van der Waals surface area contributed by atoms with E-state index in [4.69, 9.17) is 4.74 Å². The van der Waals surface area contributed by atoms with E-state index in [1.165, 1.54) is 6.07 Å². The van der Waals surface area contributed by atoms with Crippen LogP contribution in [0.5, 0.6) is 11.5 Å². The zero-order valence-electron chi connectivity index (χ0n) is 12.8. The predicted molar refractivity (Wildman–Crippen MR) is 84.4 cm³/mol. The molecule has 0 aromatic heterocycles. The standard InChI is InChI=1S/C18H13F3O4/c1-3-15(22)24-10-5-6-11(13(19)9-10)12-7-8-14(18(21)17(12)20)25-16(23)4-2/h3-9,15,22H,1-2H2. The van der Waals surface area contributed by atoms with Gasteiger partial charge in [0, 0.05) is 23.3 Å². The average Bonchev–Trinajstić information content (AvgIpc) is 2.59. The molecule has 4 nitrogen and oxygen atoms in total. The van der Waals surface area contributed by atoms with Crippen LogP contribution in [0.1, 0.15) is 0 Å². The Hall–Kier alpha value is -3.06. The number of aliphatic hydroxyl groups excluding tert-OH is 1. The van der Waals surface area contributed by atoms with Crippen molar-refractivity contribution in [1.29, 1.82) is 0 Å². The molecule has 2 rings (SSSR count). The zero-order valence-corrected chi connectivity index (χ0v) is 12.8. The van der Waals surface area contributed by atoms with Crippen LogP contribution in [-0.2, 0) is 4.79 Å². The van der Waals surface area contributed by atoms with Crippen molar-refractivity contribution in [3.63, 3.8) is 0 Å². The van der Waals surface area contributed by atoms with Gasteiger partial charge in [-0.2, -0.15) is 4.39 Å². The molecule has 1 unspecified atom stereocenters. The second-order valence-electron chi connectivity index (χ2n) is 4.75. The first-order valence-electron chi connectivity index (χ1n) is 6.96. The lowest BCUT2D eigenvalue weighted by molar-refractivity contribution is -0.129. The number of halogens is 3. The zero-order chi connectivity index (χ0) is 18.6. The summed E-state index contributed by atoms with van der Waals surface area (Å²) in [5.41, 5.74) is -0.609. The van der Waals surface area contributed by atoms with Crippen molar-refractivity contribution in [2.24, 2.45) is 0 Å². The second-order valence-corrected chi connectivity index (χ2v) is 4.75. The monoisotopic (exact) mass is 350 g/mol. The summed E-state index contributed by atoms with van der Waals surface area (Å²) in [7, 11) is 0. The largest absolute Gasteiger partial charge is 0.461 e. The molecule has 0 aliphatic heterocycles. The summed E-state index contributed by atoms with van der Waals surface area (Å²) < 4.78 is 51.9. The summed E-state index contributed by atoms with van der Waals surface area (Å²) in [6, 6.07) is 5.41. The Kier molecular flexibility index (Phi) is 5.61. The minimum absolute atomic E-state index is 0.0222. The fourth-order valence-electron chi connectivity index (χ4n) is 1.94. The molecule has 7 heteroatoms. The Bertz CT molecular complexity index is 833. The number of esters is 1. The second kappa shape index (κ2) is 7.67. The molecule has 130 valence electrons. The van der Waals surface area contributed by atoms with Gasteiger partial charge in [0.25, 0.3) is 0 Å². The SMILES string of the molecule is C=CC(=O)Oc1ccc(-c2ccc(OC(O)C=C)cc2F)c(F)c1F. The van der Waals surface area contributed by atoms with E-state index in [0.717, 1.165) is 36.4 Å². The Morgan fingerprint density at radius 1 is 1.08 bits per heavy atom. The van der Waals surface area contributed by atoms with Crippen LogP contribution in [0, 0.1) is 17.5 Å². The molecule has 1 N–H and O–H groups in total. The van der Waals surface area contributed by atoms with Crippen LogP contribution in [-0.4, -0.2) is 17.4 Å². The minimum Gasteiger partial charge on any atom is -0.461 e. The maximum atomic E-state index is 14.2. The molecule has 0 heterocycles. The van der Waals surface area contributed by atoms with Crippen LogP contribution in [0.25, 0.3) is 11.1 Å². The van der Waals surface area contributed by atoms with E-state index in [1.54, 1.807) is 0 Å². The van der Waals surface area contributed by atoms with Crippen LogP contribution < -0.4 is 9.47 Å². The molecule has 1 atom stereocenters. The first-order valence-corrected chi connectivity index (χ1v) is 6.96. The van der Waals surface area contributed by atoms with Crippen molar-refractivity contribution >= 4 is 5.97 Å². The highest BCUT2D eigenvalue weighted by atomic mass is 19.2. The fraction of sp³-hybridized carbons (Fsp3) is 0.0556. The number of carbonyl (C=O) groups excluding carboxylic acids is 1. The molecular weight excluding hydrogens is 337 g/mol. The first kappa shape index (κ1) is 18.3.